The monoisotopic (exact) mass is 658 g/mol. The molecule has 0 saturated carbocycles. The van der Waals surface area contributed by atoms with Crippen LogP contribution in [0.1, 0.15) is 0 Å². The molecule has 0 aliphatic carbocycles. The minimum atomic E-state index is 0. The van der Waals surface area contributed by atoms with Crippen LogP contribution in [0, 0.1) is 88.4 Å². The summed E-state index contributed by atoms with van der Waals surface area (Å²) in [6.45, 7) is 27.0. The SMILES string of the molecule is [C-]#[O+].[C-]#[O+].[C-]#[O+].[C-]#[O+].[C-]#[O+].[C-]#[O+].[W].[W].[c-]1[c-][c-][cH-][c-]1.[c-]1[c-][c-][cH-][c-]1. The Hall–Kier alpha value is -1.48. The molecule has 24 heavy (non-hydrogen) atoms. The predicted octanol–water partition coefficient (Wildman–Crippen LogP) is 0.982. The van der Waals surface area contributed by atoms with E-state index in [4.69, 9.17) is 27.9 Å². The van der Waals surface area contributed by atoms with Gasteiger partial charge in [-0.25, -0.2) is 0 Å². The van der Waals surface area contributed by atoms with Crippen LogP contribution in [0.5, 0.6) is 0 Å². The molecule has 0 aromatic heterocycles. The summed E-state index contributed by atoms with van der Waals surface area (Å²) in [4.78, 5) is 0. The molecular weight excluding hydrogens is 656 g/mol. The summed E-state index contributed by atoms with van der Waals surface area (Å²) in [5.74, 6) is 0. The van der Waals surface area contributed by atoms with E-state index in [1.807, 2.05) is 0 Å². The Morgan fingerprint density at radius 1 is 0.375 bits per heavy atom. The molecule has 0 unspecified atom stereocenters. The molecule has 2 rings (SSSR count). The summed E-state index contributed by atoms with van der Waals surface area (Å²) in [5, 5.41) is 0. The molecule has 0 atom stereocenters. The zero-order valence-corrected chi connectivity index (χ0v) is 17.3. The molecule has 6 nitrogen and oxygen atoms in total. The maximum Gasteiger partial charge on any atom is 0 e. The van der Waals surface area contributed by atoms with Crippen LogP contribution in [0.25, 0.3) is 0 Å². The van der Waals surface area contributed by atoms with E-state index in [9.17, 15) is 0 Å². The maximum atomic E-state index is 7.50. The molecule has 0 amide bonds. The van der Waals surface area contributed by atoms with Crippen molar-refractivity contribution in [2.24, 2.45) is 0 Å². The van der Waals surface area contributed by atoms with Gasteiger partial charge in [0.05, 0.1) is 0 Å². The van der Waals surface area contributed by atoms with Crippen LogP contribution in [0.15, 0.2) is 12.1 Å². The van der Waals surface area contributed by atoms with Crippen molar-refractivity contribution in [1.29, 1.82) is 0 Å². The van der Waals surface area contributed by atoms with E-state index in [1.54, 1.807) is 12.1 Å². The zero-order valence-electron chi connectivity index (χ0n) is 11.4. The quantitative estimate of drug-likeness (QED) is 0.297. The maximum absolute atomic E-state index is 7.50. The van der Waals surface area contributed by atoms with Gasteiger partial charge in [0, 0.05) is 42.1 Å². The first-order valence-corrected chi connectivity index (χ1v) is 3.88. The fourth-order valence-corrected chi connectivity index (χ4v) is 0.361. The van der Waals surface area contributed by atoms with E-state index in [-0.39, 0.29) is 42.1 Å². The van der Waals surface area contributed by atoms with Crippen molar-refractivity contribution in [1.82, 2.24) is 0 Å². The second kappa shape index (κ2) is 125. The van der Waals surface area contributed by atoms with Gasteiger partial charge < -0.3 is 60.7 Å². The first-order valence-electron chi connectivity index (χ1n) is 3.88. The Morgan fingerprint density at radius 2 is 0.500 bits per heavy atom. The summed E-state index contributed by atoms with van der Waals surface area (Å²) < 4.78 is 45.0. The van der Waals surface area contributed by atoms with Crippen molar-refractivity contribution >= 4 is 0 Å². The Labute approximate surface area is 170 Å². The molecule has 0 fully saturated rings. The van der Waals surface area contributed by atoms with Crippen molar-refractivity contribution in [2.75, 3.05) is 0 Å². The first-order chi connectivity index (χ1) is 11.0. The van der Waals surface area contributed by atoms with Crippen molar-refractivity contribution < 1.29 is 70.0 Å². The van der Waals surface area contributed by atoms with Crippen LogP contribution < -0.4 is 0 Å². The topological polar surface area (TPSA) is 119 Å². The smallest absolute Gasteiger partial charge is 0 e. The normalized spacial score (nSPS) is 3.83. The van der Waals surface area contributed by atoms with Crippen LogP contribution in [0.4, 0.5) is 0 Å². The minimum Gasteiger partial charge on any atom is -0.999 e. The van der Waals surface area contributed by atoms with Gasteiger partial charge >= 0.3 is 67.8 Å². The Balaban J connectivity index is -0.0000000213. The van der Waals surface area contributed by atoms with Gasteiger partial charge in [-0.3, -0.25) is 0 Å². The van der Waals surface area contributed by atoms with E-state index >= 15 is 0 Å². The van der Waals surface area contributed by atoms with Crippen LogP contribution in [-0.4, -0.2) is 0 Å². The number of hydrogen-bond donors (Lipinski definition) is 0. The van der Waals surface area contributed by atoms with Gasteiger partial charge in [-0.05, 0) is 0 Å². The van der Waals surface area contributed by atoms with Gasteiger partial charge in [0.1, 0.15) is 0 Å². The van der Waals surface area contributed by atoms with Gasteiger partial charge in [0.25, 0.3) is 0 Å². The van der Waals surface area contributed by atoms with Crippen LogP contribution in [0.3, 0.4) is 0 Å². The third-order valence-corrected chi connectivity index (χ3v) is 0.702. The van der Waals surface area contributed by atoms with Crippen molar-refractivity contribution in [3.8, 4) is 0 Å². The minimum absolute atomic E-state index is 0. The molecule has 0 aliphatic rings. The molecule has 8 heteroatoms. The third kappa shape index (κ3) is 108. The molecule has 0 aliphatic heterocycles. The van der Waals surface area contributed by atoms with Crippen molar-refractivity contribution in [3.05, 3.63) is 101 Å². The van der Waals surface area contributed by atoms with Gasteiger partial charge in [0.2, 0.25) is 0 Å². The summed E-state index contributed by atoms with van der Waals surface area (Å²) in [7, 11) is 0. The molecule has 0 radical (unpaired) electrons. The Bertz CT molecular complexity index is 329. The summed E-state index contributed by atoms with van der Waals surface area (Å²) in [6.07, 6.45) is 0. The van der Waals surface area contributed by atoms with E-state index < -0.39 is 0 Å². The molecule has 0 bridgehead atoms. The summed E-state index contributed by atoms with van der Waals surface area (Å²) in [6, 6.07) is 24.0. The van der Waals surface area contributed by atoms with E-state index in [2.05, 4.69) is 88.4 Å². The average Bonchev–Trinajstić information content (AvgIpc) is 3.43. The second-order valence-electron chi connectivity index (χ2n) is 1.37. The Morgan fingerprint density at radius 3 is 0.542 bits per heavy atom. The molecule has 0 N–H and O–H groups in total. The van der Waals surface area contributed by atoms with Crippen molar-refractivity contribution in [2.45, 2.75) is 0 Å². The second-order valence-corrected chi connectivity index (χ2v) is 1.37. The predicted molar refractivity (Wildman–Crippen MR) is 58.3 cm³/mol. The number of rotatable bonds is 0. The molecule has 124 valence electrons. The molecular formula is C16H2O6W2-10. The van der Waals surface area contributed by atoms with Crippen LogP contribution >= 0.6 is 0 Å². The molecule has 0 heterocycles. The summed E-state index contributed by atoms with van der Waals surface area (Å²) in [5.41, 5.74) is 0. The van der Waals surface area contributed by atoms with Crippen LogP contribution in [-0.2, 0) is 70.0 Å². The van der Waals surface area contributed by atoms with E-state index in [0.29, 0.717) is 0 Å². The van der Waals surface area contributed by atoms with Gasteiger partial charge in [-0.2, -0.15) is 0 Å². The molecule has 2 aromatic rings. The van der Waals surface area contributed by atoms with Gasteiger partial charge in [-0.1, -0.05) is 0 Å². The molecule has 2 aromatic carbocycles. The van der Waals surface area contributed by atoms with E-state index in [1.165, 1.54) is 0 Å². The number of hydrogen-bond acceptors (Lipinski definition) is 0. The fourth-order valence-electron chi connectivity index (χ4n) is 0.361. The van der Waals surface area contributed by atoms with Crippen molar-refractivity contribution in [3.63, 3.8) is 0 Å². The molecule has 0 saturated heterocycles. The van der Waals surface area contributed by atoms with E-state index in [0.717, 1.165) is 0 Å². The molecule has 0 spiro atoms. The van der Waals surface area contributed by atoms with Crippen LogP contribution in [0.2, 0.25) is 0 Å². The summed E-state index contributed by atoms with van der Waals surface area (Å²) >= 11 is 0. The largest absolute Gasteiger partial charge is 0.999 e. The zero-order chi connectivity index (χ0) is 19.1. The average molecular weight is 658 g/mol. The van der Waals surface area contributed by atoms with Gasteiger partial charge in [0.15, 0.2) is 0 Å². The fraction of sp³-hybridized carbons (Fsp3) is 0. The van der Waals surface area contributed by atoms with Gasteiger partial charge in [-0.15, -0.1) is 0 Å². The third-order valence-electron chi connectivity index (χ3n) is 0.702. The first kappa shape index (κ1) is 49.5. The Kier molecular flexibility index (Phi) is 257. The standard InChI is InChI=1S/2C5H.6CO.2W/c2*1-2-4-5-3-1;6*1-2;;/h2*1H;;;;;;;;/q2*-5;;;;;;;;.